The standard InChI is InChI=1S/C16H18BrNO2S/c17-16-7-6-15(21-16)14(20)8-9-18-13(11-19)10-12-4-2-1-3-5-12/h1-7,13,18-19H,8-11H2. The predicted octanol–water partition coefficient (Wildman–Crippen LogP) is 3.28. The molecule has 2 aromatic rings. The number of Topliss-reactive ketones (excluding diaryl/α,β-unsaturated/α-hetero) is 1. The van der Waals surface area contributed by atoms with Gasteiger partial charge in [0, 0.05) is 19.0 Å². The second-order valence-electron chi connectivity index (χ2n) is 4.80. The third-order valence-corrected chi connectivity index (χ3v) is 4.84. The van der Waals surface area contributed by atoms with Gasteiger partial charge in [-0.15, -0.1) is 11.3 Å². The molecule has 1 heterocycles. The quantitative estimate of drug-likeness (QED) is 0.703. The van der Waals surface area contributed by atoms with Crippen LogP contribution in [0.5, 0.6) is 0 Å². The second kappa shape index (κ2) is 8.44. The van der Waals surface area contributed by atoms with Crippen molar-refractivity contribution in [3.8, 4) is 0 Å². The van der Waals surface area contributed by atoms with Gasteiger partial charge in [-0.05, 0) is 40.0 Å². The second-order valence-corrected chi connectivity index (χ2v) is 7.26. The molecule has 0 bridgehead atoms. The first-order valence-corrected chi connectivity index (χ1v) is 8.46. The first kappa shape index (κ1) is 16.4. The zero-order valence-electron chi connectivity index (χ0n) is 11.6. The van der Waals surface area contributed by atoms with Crippen molar-refractivity contribution < 1.29 is 9.90 Å². The Morgan fingerprint density at radius 2 is 2.00 bits per heavy atom. The molecule has 2 rings (SSSR count). The number of rotatable bonds is 8. The van der Waals surface area contributed by atoms with Crippen LogP contribution in [0.4, 0.5) is 0 Å². The van der Waals surface area contributed by atoms with Gasteiger partial charge in [-0.3, -0.25) is 4.79 Å². The third kappa shape index (κ3) is 5.36. The van der Waals surface area contributed by atoms with Crippen LogP contribution in [0.25, 0.3) is 0 Å². The molecule has 1 atom stereocenters. The number of thiophene rings is 1. The fourth-order valence-electron chi connectivity index (χ4n) is 2.08. The van der Waals surface area contributed by atoms with Gasteiger partial charge >= 0.3 is 0 Å². The van der Waals surface area contributed by atoms with Gasteiger partial charge in [-0.25, -0.2) is 0 Å². The van der Waals surface area contributed by atoms with Crippen LogP contribution in [0, 0.1) is 0 Å². The van der Waals surface area contributed by atoms with E-state index < -0.39 is 0 Å². The van der Waals surface area contributed by atoms with Crippen LogP contribution >= 0.6 is 27.3 Å². The molecule has 0 aliphatic heterocycles. The van der Waals surface area contributed by atoms with Crippen LogP contribution < -0.4 is 5.32 Å². The Morgan fingerprint density at radius 3 is 2.62 bits per heavy atom. The molecular weight excluding hydrogens is 350 g/mol. The first-order valence-electron chi connectivity index (χ1n) is 6.85. The van der Waals surface area contributed by atoms with E-state index in [4.69, 9.17) is 0 Å². The molecule has 5 heteroatoms. The van der Waals surface area contributed by atoms with Gasteiger partial charge in [-0.1, -0.05) is 30.3 Å². The molecule has 0 spiro atoms. The van der Waals surface area contributed by atoms with E-state index in [0.29, 0.717) is 13.0 Å². The Kier molecular flexibility index (Phi) is 6.57. The summed E-state index contributed by atoms with van der Waals surface area (Å²) in [5, 5.41) is 12.7. The lowest BCUT2D eigenvalue weighted by molar-refractivity contribution is 0.0984. The van der Waals surface area contributed by atoms with E-state index >= 15 is 0 Å². The average Bonchev–Trinajstić information content (AvgIpc) is 2.94. The largest absolute Gasteiger partial charge is 0.395 e. The molecule has 1 aromatic carbocycles. The van der Waals surface area contributed by atoms with Crippen LogP contribution in [0.1, 0.15) is 21.7 Å². The number of aliphatic hydroxyl groups excluding tert-OH is 1. The van der Waals surface area contributed by atoms with Crippen LogP contribution in [0.2, 0.25) is 0 Å². The van der Waals surface area contributed by atoms with E-state index in [0.717, 1.165) is 15.1 Å². The summed E-state index contributed by atoms with van der Waals surface area (Å²) in [4.78, 5) is 12.7. The Labute approximate surface area is 137 Å². The topological polar surface area (TPSA) is 49.3 Å². The highest BCUT2D eigenvalue weighted by atomic mass is 79.9. The number of hydrogen-bond acceptors (Lipinski definition) is 4. The Bertz CT molecular complexity index is 571. The lowest BCUT2D eigenvalue weighted by Gasteiger charge is -2.16. The lowest BCUT2D eigenvalue weighted by atomic mass is 10.1. The normalized spacial score (nSPS) is 12.3. The van der Waals surface area contributed by atoms with Crippen molar-refractivity contribution in [2.45, 2.75) is 18.9 Å². The molecule has 112 valence electrons. The highest BCUT2D eigenvalue weighted by Crippen LogP contribution is 2.22. The van der Waals surface area contributed by atoms with E-state index in [1.807, 2.05) is 42.5 Å². The number of carbonyl (C=O) groups is 1. The molecule has 0 amide bonds. The number of aliphatic hydroxyl groups is 1. The zero-order valence-corrected chi connectivity index (χ0v) is 14.0. The first-order chi connectivity index (χ1) is 10.2. The van der Waals surface area contributed by atoms with Crippen LogP contribution in [-0.4, -0.2) is 30.1 Å². The van der Waals surface area contributed by atoms with Gasteiger partial charge in [0.25, 0.3) is 0 Å². The van der Waals surface area contributed by atoms with E-state index in [-0.39, 0.29) is 18.4 Å². The zero-order chi connectivity index (χ0) is 15.1. The van der Waals surface area contributed by atoms with Crippen molar-refractivity contribution in [2.75, 3.05) is 13.2 Å². The predicted molar refractivity (Wildman–Crippen MR) is 90.0 cm³/mol. The Balaban J connectivity index is 1.77. The van der Waals surface area contributed by atoms with Gasteiger partial charge in [0.15, 0.2) is 5.78 Å². The summed E-state index contributed by atoms with van der Waals surface area (Å²) in [6, 6.07) is 13.7. The van der Waals surface area contributed by atoms with Crippen molar-refractivity contribution >= 4 is 33.0 Å². The van der Waals surface area contributed by atoms with Gasteiger partial charge < -0.3 is 10.4 Å². The molecule has 0 fully saturated rings. The number of hydrogen-bond donors (Lipinski definition) is 2. The highest BCUT2D eigenvalue weighted by molar-refractivity contribution is 9.11. The maximum absolute atomic E-state index is 12.0. The summed E-state index contributed by atoms with van der Waals surface area (Å²) >= 11 is 4.81. The van der Waals surface area contributed by atoms with Gasteiger partial charge in [0.2, 0.25) is 0 Å². The number of halogens is 1. The molecule has 1 unspecified atom stereocenters. The van der Waals surface area contributed by atoms with Gasteiger partial charge in [0.1, 0.15) is 0 Å². The van der Waals surface area contributed by atoms with Crippen molar-refractivity contribution in [3.05, 3.63) is 56.7 Å². The van der Waals surface area contributed by atoms with E-state index in [1.165, 1.54) is 16.9 Å². The fourth-order valence-corrected chi connectivity index (χ4v) is 3.43. The van der Waals surface area contributed by atoms with Crippen LogP contribution in [0.3, 0.4) is 0 Å². The number of carbonyl (C=O) groups excluding carboxylic acids is 1. The SMILES string of the molecule is O=C(CCNC(CO)Cc1ccccc1)c1ccc(Br)s1. The lowest BCUT2D eigenvalue weighted by Crippen LogP contribution is -2.35. The minimum absolute atomic E-state index is 0.0183. The summed E-state index contributed by atoms with van der Waals surface area (Å²) in [5.74, 6) is 0.134. The van der Waals surface area contributed by atoms with E-state index in [1.54, 1.807) is 0 Å². The smallest absolute Gasteiger partial charge is 0.174 e. The molecule has 0 aliphatic rings. The Morgan fingerprint density at radius 1 is 1.24 bits per heavy atom. The molecule has 0 radical (unpaired) electrons. The molecular formula is C16H18BrNO2S. The minimum Gasteiger partial charge on any atom is -0.395 e. The molecule has 2 N–H and O–H groups in total. The Hall–Kier alpha value is -1.01. The maximum atomic E-state index is 12.0. The molecule has 3 nitrogen and oxygen atoms in total. The third-order valence-electron chi connectivity index (χ3n) is 3.18. The summed E-state index contributed by atoms with van der Waals surface area (Å²) in [7, 11) is 0. The van der Waals surface area contributed by atoms with Crippen molar-refractivity contribution in [1.82, 2.24) is 5.32 Å². The van der Waals surface area contributed by atoms with E-state index in [2.05, 4.69) is 21.2 Å². The van der Waals surface area contributed by atoms with Gasteiger partial charge in [-0.2, -0.15) is 0 Å². The van der Waals surface area contributed by atoms with Crippen LogP contribution in [-0.2, 0) is 6.42 Å². The maximum Gasteiger partial charge on any atom is 0.174 e. The fraction of sp³-hybridized carbons (Fsp3) is 0.312. The molecule has 1 aromatic heterocycles. The average molecular weight is 368 g/mol. The summed E-state index contributed by atoms with van der Waals surface area (Å²) in [6.45, 7) is 0.639. The molecule has 0 saturated heterocycles. The number of benzene rings is 1. The summed E-state index contributed by atoms with van der Waals surface area (Å²) < 4.78 is 0.969. The van der Waals surface area contributed by atoms with Crippen molar-refractivity contribution in [3.63, 3.8) is 0 Å². The molecule has 0 aliphatic carbocycles. The number of nitrogens with one attached hydrogen (secondary N) is 1. The summed E-state index contributed by atoms with van der Waals surface area (Å²) in [5.41, 5.74) is 1.18. The van der Waals surface area contributed by atoms with Crippen LogP contribution in [0.15, 0.2) is 46.3 Å². The highest BCUT2D eigenvalue weighted by Gasteiger charge is 2.11. The van der Waals surface area contributed by atoms with Gasteiger partial charge in [0.05, 0.1) is 15.3 Å². The molecule has 21 heavy (non-hydrogen) atoms. The minimum atomic E-state index is -0.0183. The summed E-state index contributed by atoms with van der Waals surface area (Å²) in [6.07, 6.45) is 1.20. The monoisotopic (exact) mass is 367 g/mol. The molecule has 0 saturated carbocycles. The van der Waals surface area contributed by atoms with Crippen molar-refractivity contribution in [1.29, 1.82) is 0 Å². The number of ketones is 1. The van der Waals surface area contributed by atoms with E-state index in [9.17, 15) is 9.90 Å². The van der Waals surface area contributed by atoms with Crippen molar-refractivity contribution in [2.24, 2.45) is 0 Å².